The highest BCUT2D eigenvalue weighted by atomic mass is 19.4. The first-order valence-electron chi connectivity index (χ1n) is 10.0. The van der Waals surface area contributed by atoms with Crippen molar-refractivity contribution in [3.63, 3.8) is 0 Å². The van der Waals surface area contributed by atoms with E-state index in [1.807, 2.05) is 19.1 Å². The van der Waals surface area contributed by atoms with Crippen LogP contribution in [0.2, 0.25) is 0 Å². The number of carbonyl (C=O) groups is 1. The fraction of sp³-hybridized carbons (Fsp3) is 0.304. The molecule has 0 bridgehead atoms. The first-order chi connectivity index (χ1) is 14.8. The van der Waals surface area contributed by atoms with Crippen molar-refractivity contribution in [2.75, 3.05) is 13.1 Å². The molecular formula is C23H21F3N4O. The predicted octanol–water partition coefficient (Wildman–Crippen LogP) is 4.89. The molecule has 1 fully saturated rings. The molecule has 0 aliphatic carbocycles. The van der Waals surface area contributed by atoms with Gasteiger partial charge in [0.15, 0.2) is 0 Å². The summed E-state index contributed by atoms with van der Waals surface area (Å²) in [5.41, 5.74) is 1.89. The second kappa shape index (κ2) is 8.45. The highest BCUT2D eigenvalue weighted by Gasteiger charge is 2.32. The quantitative estimate of drug-likeness (QED) is 0.599. The molecule has 1 atom stereocenters. The molecule has 31 heavy (non-hydrogen) atoms. The third-order valence-electron chi connectivity index (χ3n) is 5.46. The predicted molar refractivity (Wildman–Crippen MR) is 109 cm³/mol. The summed E-state index contributed by atoms with van der Waals surface area (Å²) in [6, 6.07) is 8.35. The van der Waals surface area contributed by atoms with Crippen molar-refractivity contribution in [1.82, 2.24) is 19.9 Å². The van der Waals surface area contributed by atoms with Gasteiger partial charge in [-0.05, 0) is 55.7 Å². The van der Waals surface area contributed by atoms with Crippen LogP contribution < -0.4 is 0 Å². The molecule has 0 radical (unpaired) electrons. The third-order valence-corrected chi connectivity index (χ3v) is 5.46. The van der Waals surface area contributed by atoms with E-state index < -0.39 is 17.6 Å². The monoisotopic (exact) mass is 426 g/mol. The second-order valence-electron chi connectivity index (χ2n) is 7.62. The van der Waals surface area contributed by atoms with Crippen LogP contribution in [0, 0.1) is 6.92 Å². The summed E-state index contributed by atoms with van der Waals surface area (Å²) in [6.07, 6.45) is 2.26. The highest BCUT2D eigenvalue weighted by molar-refractivity contribution is 5.94. The zero-order valence-corrected chi connectivity index (χ0v) is 16.9. The maximum absolute atomic E-state index is 13.1. The number of pyridine rings is 1. The van der Waals surface area contributed by atoms with Crippen LogP contribution in [0.5, 0.6) is 0 Å². The van der Waals surface area contributed by atoms with Gasteiger partial charge in [0.25, 0.3) is 5.91 Å². The van der Waals surface area contributed by atoms with Gasteiger partial charge in [0, 0.05) is 48.7 Å². The Balaban J connectivity index is 1.62. The Morgan fingerprint density at radius 2 is 1.94 bits per heavy atom. The zero-order chi connectivity index (χ0) is 22.0. The molecule has 0 unspecified atom stereocenters. The van der Waals surface area contributed by atoms with E-state index >= 15 is 0 Å². The van der Waals surface area contributed by atoms with Gasteiger partial charge >= 0.3 is 6.18 Å². The summed E-state index contributed by atoms with van der Waals surface area (Å²) < 4.78 is 39.2. The lowest BCUT2D eigenvalue weighted by atomic mass is 9.89. The minimum absolute atomic E-state index is 0.0339. The number of aryl methyl sites for hydroxylation is 1. The number of nitrogens with zero attached hydrogens (tertiary/aromatic N) is 4. The molecule has 2 aromatic heterocycles. The van der Waals surface area contributed by atoms with E-state index in [4.69, 9.17) is 0 Å². The molecule has 3 heterocycles. The molecule has 1 aromatic carbocycles. The van der Waals surface area contributed by atoms with Crippen molar-refractivity contribution in [2.45, 2.75) is 31.9 Å². The van der Waals surface area contributed by atoms with E-state index in [0.29, 0.717) is 18.9 Å². The van der Waals surface area contributed by atoms with Gasteiger partial charge in [-0.2, -0.15) is 13.2 Å². The van der Waals surface area contributed by atoms with Crippen molar-refractivity contribution in [3.8, 4) is 11.1 Å². The topological polar surface area (TPSA) is 59.0 Å². The van der Waals surface area contributed by atoms with E-state index in [1.54, 1.807) is 23.5 Å². The fourth-order valence-electron chi connectivity index (χ4n) is 3.95. The van der Waals surface area contributed by atoms with Gasteiger partial charge in [-0.3, -0.25) is 9.78 Å². The summed E-state index contributed by atoms with van der Waals surface area (Å²) in [5.74, 6) is 0.203. The van der Waals surface area contributed by atoms with E-state index in [0.717, 1.165) is 41.8 Å². The Morgan fingerprint density at radius 1 is 1.16 bits per heavy atom. The third kappa shape index (κ3) is 4.57. The lowest BCUT2D eigenvalue weighted by molar-refractivity contribution is -0.137. The Morgan fingerprint density at radius 3 is 2.68 bits per heavy atom. The van der Waals surface area contributed by atoms with Crippen LogP contribution in [-0.2, 0) is 6.18 Å². The summed E-state index contributed by atoms with van der Waals surface area (Å²) in [5, 5.41) is 0. The van der Waals surface area contributed by atoms with Crippen molar-refractivity contribution in [2.24, 2.45) is 0 Å². The largest absolute Gasteiger partial charge is 0.416 e. The van der Waals surface area contributed by atoms with Gasteiger partial charge in [0.1, 0.15) is 5.82 Å². The number of benzene rings is 1. The number of amides is 1. The number of hydrogen-bond acceptors (Lipinski definition) is 4. The Labute approximate surface area is 178 Å². The molecule has 0 N–H and O–H groups in total. The number of rotatable bonds is 3. The Kier molecular flexibility index (Phi) is 5.71. The first kappa shape index (κ1) is 21.0. The number of piperidine rings is 1. The number of halogens is 3. The molecule has 5 nitrogen and oxygen atoms in total. The van der Waals surface area contributed by atoms with Gasteiger partial charge in [0.05, 0.1) is 11.3 Å². The van der Waals surface area contributed by atoms with Gasteiger partial charge in [-0.25, -0.2) is 9.97 Å². The molecule has 1 aliphatic heterocycles. The van der Waals surface area contributed by atoms with E-state index in [-0.39, 0.29) is 11.5 Å². The molecule has 3 aromatic rings. The maximum Gasteiger partial charge on any atom is 0.416 e. The van der Waals surface area contributed by atoms with Crippen LogP contribution in [0.3, 0.4) is 0 Å². The van der Waals surface area contributed by atoms with Crippen molar-refractivity contribution >= 4 is 5.91 Å². The average Bonchev–Trinajstić information content (AvgIpc) is 2.79. The molecule has 0 spiro atoms. The van der Waals surface area contributed by atoms with Crippen molar-refractivity contribution < 1.29 is 18.0 Å². The maximum atomic E-state index is 13.1. The van der Waals surface area contributed by atoms with Crippen LogP contribution in [0.15, 0.2) is 55.0 Å². The normalized spacial score (nSPS) is 16.9. The Bertz CT molecular complexity index is 1090. The summed E-state index contributed by atoms with van der Waals surface area (Å²) >= 11 is 0. The second-order valence-corrected chi connectivity index (χ2v) is 7.62. The number of alkyl halides is 3. The number of likely N-dealkylation sites (tertiary alicyclic amines) is 1. The molecule has 1 amide bonds. The lowest BCUT2D eigenvalue weighted by Gasteiger charge is -2.33. The SMILES string of the molecule is Cc1ncc(-c2ccncc2)c([C@@H]2CCCN(C(=O)c3cccc(C(F)(F)F)c3)C2)n1. The van der Waals surface area contributed by atoms with Crippen LogP contribution in [-0.4, -0.2) is 38.8 Å². The smallest absolute Gasteiger partial charge is 0.338 e. The number of aromatic nitrogens is 3. The van der Waals surface area contributed by atoms with Crippen LogP contribution in [0.1, 0.15) is 46.2 Å². The summed E-state index contributed by atoms with van der Waals surface area (Å²) in [4.78, 5) is 27.7. The molecule has 4 rings (SSSR count). The van der Waals surface area contributed by atoms with E-state index in [1.165, 1.54) is 12.1 Å². The molecule has 1 saturated heterocycles. The average molecular weight is 426 g/mol. The van der Waals surface area contributed by atoms with Gasteiger partial charge < -0.3 is 4.90 Å². The highest BCUT2D eigenvalue weighted by Crippen LogP contribution is 2.34. The molecule has 8 heteroatoms. The molecule has 0 saturated carbocycles. The van der Waals surface area contributed by atoms with Gasteiger partial charge in [0.2, 0.25) is 0 Å². The first-order valence-corrected chi connectivity index (χ1v) is 10.0. The molecule has 1 aliphatic rings. The fourth-order valence-corrected chi connectivity index (χ4v) is 3.95. The molecular weight excluding hydrogens is 405 g/mol. The van der Waals surface area contributed by atoms with Crippen LogP contribution >= 0.6 is 0 Å². The van der Waals surface area contributed by atoms with Crippen molar-refractivity contribution in [1.29, 1.82) is 0 Å². The minimum atomic E-state index is -4.49. The van der Waals surface area contributed by atoms with Gasteiger partial charge in [-0.15, -0.1) is 0 Å². The molecule has 160 valence electrons. The Hall–Kier alpha value is -3.29. The zero-order valence-electron chi connectivity index (χ0n) is 16.9. The number of hydrogen-bond donors (Lipinski definition) is 0. The van der Waals surface area contributed by atoms with Crippen LogP contribution in [0.4, 0.5) is 13.2 Å². The van der Waals surface area contributed by atoms with E-state index in [9.17, 15) is 18.0 Å². The van der Waals surface area contributed by atoms with Crippen molar-refractivity contribution in [3.05, 3.63) is 77.6 Å². The summed E-state index contributed by atoms with van der Waals surface area (Å²) in [7, 11) is 0. The minimum Gasteiger partial charge on any atom is -0.338 e. The van der Waals surface area contributed by atoms with Crippen LogP contribution in [0.25, 0.3) is 11.1 Å². The van der Waals surface area contributed by atoms with Gasteiger partial charge in [-0.1, -0.05) is 6.07 Å². The lowest BCUT2D eigenvalue weighted by Crippen LogP contribution is -2.39. The van der Waals surface area contributed by atoms with E-state index in [2.05, 4.69) is 15.0 Å². The number of carbonyl (C=O) groups excluding carboxylic acids is 1. The standard InChI is InChI=1S/C23H21F3N4O/c1-15-28-13-20(16-7-9-27-10-8-16)21(29-15)18-5-3-11-30(14-18)22(31)17-4-2-6-19(12-17)23(24,25)26/h2,4,6-10,12-13,18H,3,5,11,14H2,1H3/t18-/m1/s1. The summed E-state index contributed by atoms with van der Waals surface area (Å²) in [6.45, 7) is 2.71.